The highest BCUT2D eigenvalue weighted by atomic mass is 16.2. The second kappa shape index (κ2) is 6.59. The number of hydrogen-bond acceptors (Lipinski definition) is 6. The minimum atomic E-state index is -0.777. The third-order valence-corrected chi connectivity index (χ3v) is 3.94. The zero-order chi connectivity index (χ0) is 16.2. The van der Waals surface area contributed by atoms with Crippen molar-refractivity contribution in [3.8, 4) is 0 Å². The maximum atomic E-state index is 12.0. The number of anilines is 1. The maximum Gasteiger partial charge on any atom is 0.322 e. The SMILES string of the molecule is O=C(C[C@H]1NC(=O)NC1=O)NC1CCN(c2ncccn2)CC1. The van der Waals surface area contributed by atoms with Crippen LogP contribution >= 0.6 is 0 Å². The number of urea groups is 1. The molecule has 2 aliphatic rings. The Morgan fingerprint density at radius 3 is 2.57 bits per heavy atom. The van der Waals surface area contributed by atoms with Gasteiger partial charge in [-0.25, -0.2) is 14.8 Å². The molecular weight excluding hydrogens is 300 g/mol. The van der Waals surface area contributed by atoms with Crippen LogP contribution < -0.4 is 20.9 Å². The lowest BCUT2D eigenvalue weighted by Crippen LogP contribution is -2.46. The minimum absolute atomic E-state index is 0.0421. The zero-order valence-corrected chi connectivity index (χ0v) is 12.5. The summed E-state index contributed by atoms with van der Waals surface area (Å²) in [5, 5.41) is 7.44. The maximum absolute atomic E-state index is 12.0. The molecule has 2 aliphatic heterocycles. The first-order chi connectivity index (χ1) is 11.1. The van der Waals surface area contributed by atoms with Crippen LogP contribution in [-0.2, 0) is 9.59 Å². The first-order valence-corrected chi connectivity index (χ1v) is 7.54. The largest absolute Gasteiger partial charge is 0.353 e. The van der Waals surface area contributed by atoms with E-state index in [4.69, 9.17) is 0 Å². The molecule has 2 fully saturated rings. The number of nitrogens with zero attached hydrogens (tertiary/aromatic N) is 3. The highest BCUT2D eigenvalue weighted by Gasteiger charge is 2.32. The molecule has 3 heterocycles. The second-order valence-corrected chi connectivity index (χ2v) is 5.60. The van der Waals surface area contributed by atoms with Crippen LogP contribution in [-0.4, -0.2) is 53.0 Å². The fraction of sp³-hybridized carbons (Fsp3) is 0.500. The predicted octanol–water partition coefficient (Wildman–Crippen LogP) is -0.840. The normalized spacial score (nSPS) is 21.7. The van der Waals surface area contributed by atoms with Gasteiger partial charge < -0.3 is 15.5 Å². The summed E-state index contributed by atoms with van der Waals surface area (Å²) in [7, 11) is 0. The van der Waals surface area contributed by atoms with E-state index in [1.165, 1.54) is 0 Å². The molecular formula is C14H18N6O3. The van der Waals surface area contributed by atoms with E-state index >= 15 is 0 Å². The van der Waals surface area contributed by atoms with Gasteiger partial charge in [-0.2, -0.15) is 0 Å². The molecule has 3 rings (SSSR count). The van der Waals surface area contributed by atoms with Crippen LogP contribution in [0.5, 0.6) is 0 Å². The molecule has 0 spiro atoms. The Hall–Kier alpha value is -2.71. The molecule has 2 saturated heterocycles. The molecule has 0 saturated carbocycles. The van der Waals surface area contributed by atoms with Gasteiger partial charge in [0.15, 0.2) is 0 Å². The number of amides is 4. The molecule has 122 valence electrons. The van der Waals surface area contributed by atoms with E-state index in [0.29, 0.717) is 5.95 Å². The van der Waals surface area contributed by atoms with Crippen molar-refractivity contribution in [2.45, 2.75) is 31.3 Å². The quantitative estimate of drug-likeness (QED) is 0.623. The van der Waals surface area contributed by atoms with E-state index in [2.05, 4.69) is 30.8 Å². The van der Waals surface area contributed by atoms with Gasteiger partial charge in [0.05, 0.1) is 6.42 Å². The summed E-state index contributed by atoms with van der Waals surface area (Å²) in [6.45, 7) is 1.52. The number of rotatable bonds is 4. The van der Waals surface area contributed by atoms with Crippen LogP contribution in [0.4, 0.5) is 10.7 Å². The lowest BCUT2D eigenvalue weighted by atomic mass is 10.0. The standard InChI is InChI=1S/C14H18N6O3/c21-11(8-10-12(22)19-14(23)18-10)17-9-2-6-20(7-3-9)13-15-4-1-5-16-13/h1,4-5,9-10H,2-3,6-8H2,(H,17,21)(H2,18,19,22,23)/t10-/m1/s1. The number of nitrogens with one attached hydrogen (secondary N) is 3. The fourth-order valence-corrected chi connectivity index (χ4v) is 2.75. The Balaban J connectivity index is 1.44. The highest BCUT2D eigenvalue weighted by Crippen LogP contribution is 2.15. The lowest BCUT2D eigenvalue weighted by Gasteiger charge is -2.32. The van der Waals surface area contributed by atoms with Gasteiger partial charge in [-0.1, -0.05) is 0 Å². The summed E-state index contributed by atoms with van der Waals surface area (Å²) in [5.41, 5.74) is 0. The molecule has 1 aromatic heterocycles. The van der Waals surface area contributed by atoms with Crippen molar-refractivity contribution in [2.75, 3.05) is 18.0 Å². The van der Waals surface area contributed by atoms with Crippen molar-refractivity contribution in [1.29, 1.82) is 0 Å². The number of carbonyl (C=O) groups excluding carboxylic acids is 3. The smallest absolute Gasteiger partial charge is 0.322 e. The Morgan fingerprint density at radius 2 is 1.96 bits per heavy atom. The lowest BCUT2D eigenvalue weighted by molar-refractivity contribution is -0.126. The van der Waals surface area contributed by atoms with Crippen molar-refractivity contribution >= 4 is 23.8 Å². The Labute approximate surface area is 132 Å². The molecule has 0 unspecified atom stereocenters. The van der Waals surface area contributed by atoms with Crippen molar-refractivity contribution in [3.63, 3.8) is 0 Å². The van der Waals surface area contributed by atoms with Crippen molar-refractivity contribution in [3.05, 3.63) is 18.5 Å². The fourth-order valence-electron chi connectivity index (χ4n) is 2.75. The number of piperidine rings is 1. The number of imide groups is 1. The Kier molecular flexibility index (Phi) is 4.35. The van der Waals surface area contributed by atoms with Crippen LogP contribution in [0.15, 0.2) is 18.5 Å². The van der Waals surface area contributed by atoms with Gasteiger partial charge in [0, 0.05) is 31.5 Å². The molecule has 0 aliphatic carbocycles. The summed E-state index contributed by atoms with van der Waals surface area (Å²) >= 11 is 0. The van der Waals surface area contributed by atoms with Crippen molar-refractivity contribution < 1.29 is 14.4 Å². The van der Waals surface area contributed by atoms with Gasteiger partial charge in [0.2, 0.25) is 11.9 Å². The van der Waals surface area contributed by atoms with E-state index < -0.39 is 18.0 Å². The molecule has 4 amide bonds. The molecule has 0 bridgehead atoms. The van der Waals surface area contributed by atoms with Crippen molar-refractivity contribution in [1.82, 2.24) is 25.9 Å². The first kappa shape index (κ1) is 15.2. The summed E-state index contributed by atoms with van der Waals surface area (Å²) in [5.74, 6) is 0.00516. The molecule has 1 atom stereocenters. The summed E-state index contributed by atoms with van der Waals surface area (Å²) in [6, 6.07) is 0.501. The van der Waals surface area contributed by atoms with E-state index in [0.717, 1.165) is 25.9 Å². The molecule has 9 nitrogen and oxygen atoms in total. The monoisotopic (exact) mass is 318 g/mol. The van der Waals surface area contributed by atoms with Gasteiger partial charge in [0.25, 0.3) is 5.91 Å². The third kappa shape index (κ3) is 3.74. The van der Waals surface area contributed by atoms with E-state index in [1.54, 1.807) is 18.5 Å². The average Bonchev–Trinajstić information content (AvgIpc) is 2.86. The topological polar surface area (TPSA) is 116 Å². The molecule has 0 aromatic carbocycles. The van der Waals surface area contributed by atoms with E-state index in [-0.39, 0.29) is 18.4 Å². The second-order valence-electron chi connectivity index (χ2n) is 5.60. The molecule has 9 heteroatoms. The van der Waals surface area contributed by atoms with Gasteiger partial charge >= 0.3 is 6.03 Å². The molecule has 23 heavy (non-hydrogen) atoms. The summed E-state index contributed by atoms with van der Waals surface area (Å²) < 4.78 is 0. The molecule has 3 N–H and O–H groups in total. The van der Waals surface area contributed by atoms with Crippen LogP contribution in [0.25, 0.3) is 0 Å². The van der Waals surface area contributed by atoms with Gasteiger partial charge in [-0.3, -0.25) is 14.9 Å². The Bertz CT molecular complexity index is 600. The van der Waals surface area contributed by atoms with Crippen LogP contribution in [0, 0.1) is 0 Å². The summed E-state index contributed by atoms with van der Waals surface area (Å²) in [6.07, 6.45) is 4.94. The predicted molar refractivity (Wildman–Crippen MR) is 80.5 cm³/mol. The van der Waals surface area contributed by atoms with E-state index in [1.807, 2.05) is 0 Å². The van der Waals surface area contributed by atoms with Crippen LogP contribution in [0.3, 0.4) is 0 Å². The highest BCUT2D eigenvalue weighted by molar-refractivity contribution is 6.05. The minimum Gasteiger partial charge on any atom is -0.353 e. The zero-order valence-electron chi connectivity index (χ0n) is 12.5. The van der Waals surface area contributed by atoms with Crippen LogP contribution in [0.1, 0.15) is 19.3 Å². The van der Waals surface area contributed by atoms with Crippen molar-refractivity contribution in [2.24, 2.45) is 0 Å². The first-order valence-electron chi connectivity index (χ1n) is 7.54. The number of aromatic nitrogens is 2. The summed E-state index contributed by atoms with van der Waals surface area (Å²) in [4.78, 5) is 44.9. The average molecular weight is 318 g/mol. The van der Waals surface area contributed by atoms with Gasteiger partial charge in [-0.05, 0) is 18.9 Å². The number of carbonyl (C=O) groups is 3. The Morgan fingerprint density at radius 1 is 1.26 bits per heavy atom. The third-order valence-electron chi connectivity index (χ3n) is 3.94. The number of hydrogen-bond donors (Lipinski definition) is 3. The van der Waals surface area contributed by atoms with Gasteiger partial charge in [-0.15, -0.1) is 0 Å². The molecule has 1 aromatic rings. The van der Waals surface area contributed by atoms with E-state index in [9.17, 15) is 14.4 Å². The molecule has 0 radical (unpaired) electrons. The van der Waals surface area contributed by atoms with Gasteiger partial charge in [0.1, 0.15) is 6.04 Å². The van der Waals surface area contributed by atoms with Crippen LogP contribution in [0.2, 0.25) is 0 Å².